The minimum absolute atomic E-state index is 1.07. The van der Waals surface area contributed by atoms with Crippen LogP contribution < -0.4 is 5.32 Å². The molecule has 3 nitrogen and oxygen atoms in total. The quantitative estimate of drug-likeness (QED) is 0.513. The van der Waals surface area contributed by atoms with Crippen molar-refractivity contribution in [3.8, 4) is 0 Å². The summed E-state index contributed by atoms with van der Waals surface area (Å²) < 4.78 is 0. The maximum Gasteiger partial charge on any atom is 0.0919 e. The predicted molar refractivity (Wildman–Crippen MR) is 40.6 cm³/mol. The Hall–Kier alpha value is -1.09. The first kappa shape index (κ1) is 7.02. The maximum absolute atomic E-state index is 3.67. The maximum atomic E-state index is 3.67. The van der Waals surface area contributed by atoms with Gasteiger partial charge >= 0.3 is 0 Å². The monoisotopic (exact) mass is 137 g/mol. The van der Waals surface area contributed by atoms with Crippen molar-refractivity contribution in [1.29, 1.82) is 0 Å². The van der Waals surface area contributed by atoms with Crippen molar-refractivity contribution in [1.82, 2.24) is 15.3 Å². The van der Waals surface area contributed by atoms with Gasteiger partial charge in [-0.25, -0.2) is 4.98 Å². The predicted octanol–water partition coefficient (Wildman–Crippen LogP) is 0.555. The van der Waals surface area contributed by atoms with Crippen LogP contribution in [0.15, 0.2) is 30.9 Å². The third-order valence-electron chi connectivity index (χ3n) is 1.10. The van der Waals surface area contributed by atoms with E-state index in [1.165, 1.54) is 0 Å². The molecule has 1 aromatic heterocycles. The van der Waals surface area contributed by atoms with Crippen LogP contribution >= 0.6 is 0 Å². The zero-order valence-electron chi connectivity index (χ0n) is 5.75. The zero-order chi connectivity index (χ0) is 7.07. The molecule has 54 valence electrons. The standard InChI is InChI=1S/C4H7N.C3H4N2/c1-2-4-5-3-1;1-2-5-3-4-1/h1-2,5H,3-4H2;1-3H,(H,4,5). The fraction of sp³-hybridized carbons (Fsp3) is 0.286. The number of aromatic nitrogens is 2. The fourth-order valence-electron chi connectivity index (χ4n) is 0.632. The Labute approximate surface area is 60.2 Å². The average Bonchev–Trinajstić information content (AvgIpc) is 2.67. The van der Waals surface area contributed by atoms with Crippen molar-refractivity contribution in [2.75, 3.05) is 13.1 Å². The van der Waals surface area contributed by atoms with Crippen molar-refractivity contribution < 1.29 is 0 Å². The molecule has 0 fully saturated rings. The molecule has 2 N–H and O–H groups in total. The summed E-state index contributed by atoms with van der Waals surface area (Å²) in [6.45, 7) is 2.14. The van der Waals surface area contributed by atoms with E-state index in [-0.39, 0.29) is 0 Å². The first-order chi connectivity index (χ1) is 5.00. The molecular formula is C7H11N3. The van der Waals surface area contributed by atoms with Crippen molar-refractivity contribution in [3.05, 3.63) is 30.9 Å². The van der Waals surface area contributed by atoms with Crippen LogP contribution in [-0.2, 0) is 0 Å². The number of imidazole rings is 1. The van der Waals surface area contributed by atoms with Crippen LogP contribution in [0.1, 0.15) is 0 Å². The molecule has 0 saturated carbocycles. The molecule has 0 saturated heterocycles. The summed E-state index contributed by atoms with van der Waals surface area (Å²) in [5, 5.41) is 3.11. The average molecular weight is 137 g/mol. The van der Waals surface area contributed by atoms with Gasteiger partial charge in [0.1, 0.15) is 0 Å². The largest absolute Gasteiger partial charge is 0.351 e. The second kappa shape index (κ2) is 4.76. The molecule has 1 aliphatic heterocycles. The summed E-state index contributed by atoms with van der Waals surface area (Å²) in [5.74, 6) is 0. The highest BCUT2D eigenvalue weighted by atomic mass is 14.9. The second-order valence-electron chi connectivity index (χ2n) is 1.89. The van der Waals surface area contributed by atoms with Crippen LogP contribution in [0.5, 0.6) is 0 Å². The molecule has 0 amide bonds. The summed E-state index contributed by atoms with van der Waals surface area (Å²) >= 11 is 0. The highest BCUT2D eigenvalue weighted by molar-refractivity contribution is 4.92. The van der Waals surface area contributed by atoms with E-state index in [2.05, 4.69) is 27.4 Å². The molecule has 0 unspecified atom stereocenters. The lowest BCUT2D eigenvalue weighted by Crippen LogP contribution is -2.04. The van der Waals surface area contributed by atoms with Crippen LogP contribution in [0.2, 0.25) is 0 Å². The molecule has 2 rings (SSSR count). The molecule has 1 aliphatic rings. The van der Waals surface area contributed by atoms with E-state index in [9.17, 15) is 0 Å². The Morgan fingerprint density at radius 1 is 1.20 bits per heavy atom. The van der Waals surface area contributed by atoms with Crippen LogP contribution in [0.25, 0.3) is 0 Å². The minimum Gasteiger partial charge on any atom is -0.351 e. The lowest BCUT2D eigenvalue weighted by atomic mass is 10.6. The fourth-order valence-corrected chi connectivity index (χ4v) is 0.632. The van der Waals surface area contributed by atoms with E-state index in [1.54, 1.807) is 18.7 Å². The van der Waals surface area contributed by atoms with Gasteiger partial charge in [0.05, 0.1) is 6.33 Å². The van der Waals surface area contributed by atoms with Crippen molar-refractivity contribution >= 4 is 0 Å². The van der Waals surface area contributed by atoms with Crippen LogP contribution in [0, 0.1) is 0 Å². The summed E-state index contributed by atoms with van der Waals surface area (Å²) in [4.78, 5) is 6.42. The van der Waals surface area contributed by atoms with Crippen LogP contribution in [0.4, 0.5) is 0 Å². The third-order valence-corrected chi connectivity index (χ3v) is 1.10. The topological polar surface area (TPSA) is 40.7 Å². The molecule has 0 bridgehead atoms. The Balaban J connectivity index is 0.0000001000. The van der Waals surface area contributed by atoms with E-state index < -0.39 is 0 Å². The van der Waals surface area contributed by atoms with Gasteiger partial charge in [-0.1, -0.05) is 12.2 Å². The third kappa shape index (κ3) is 3.04. The molecule has 1 aromatic rings. The van der Waals surface area contributed by atoms with Gasteiger partial charge in [0, 0.05) is 25.5 Å². The molecule has 10 heavy (non-hydrogen) atoms. The van der Waals surface area contributed by atoms with Crippen molar-refractivity contribution in [2.24, 2.45) is 0 Å². The van der Waals surface area contributed by atoms with Crippen molar-refractivity contribution in [3.63, 3.8) is 0 Å². The zero-order valence-corrected chi connectivity index (χ0v) is 5.75. The second-order valence-corrected chi connectivity index (χ2v) is 1.89. The Morgan fingerprint density at radius 2 is 2.00 bits per heavy atom. The minimum atomic E-state index is 1.07. The smallest absolute Gasteiger partial charge is 0.0919 e. The summed E-state index contributed by atoms with van der Waals surface area (Å²) in [6.07, 6.45) is 9.33. The van der Waals surface area contributed by atoms with E-state index in [0.717, 1.165) is 13.1 Å². The first-order valence-corrected chi connectivity index (χ1v) is 3.28. The molecule has 0 atom stereocenters. The number of nitrogens with one attached hydrogen (secondary N) is 2. The lowest BCUT2D eigenvalue weighted by Gasteiger charge is -1.77. The molecular weight excluding hydrogens is 126 g/mol. The SMILES string of the molecule is C1=CCNC1.c1c[nH]cn1. The number of nitrogens with zero attached hydrogens (tertiary/aromatic N) is 1. The number of H-pyrrole nitrogens is 1. The van der Waals surface area contributed by atoms with Gasteiger partial charge in [-0.05, 0) is 0 Å². The Morgan fingerprint density at radius 3 is 2.20 bits per heavy atom. The van der Waals surface area contributed by atoms with Gasteiger partial charge in [-0.15, -0.1) is 0 Å². The number of hydrogen-bond acceptors (Lipinski definition) is 2. The Kier molecular flexibility index (Phi) is 3.34. The van der Waals surface area contributed by atoms with Gasteiger partial charge in [0.15, 0.2) is 0 Å². The van der Waals surface area contributed by atoms with Gasteiger partial charge in [0.2, 0.25) is 0 Å². The Bertz CT molecular complexity index is 144. The van der Waals surface area contributed by atoms with Gasteiger partial charge in [0.25, 0.3) is 0 Å². The lowest BCUT2D eigenvalue weighted by molar-refractivity contribution is 0.892. The summed E-state index contributed by atoms with van der Waals surface area (Å²) in [5.41, 5.74) is 0. The summed E-state index contributed by atoms with van der Waals surface area (Å²) in [6, 6.07) is 0. The van der Waals surface area contributed by atoms with Crippen LogP contribution in [0.3, 0.4) is 0 Å². The van der Waals surface area contributed by atoms with E-state index in [0.29, 0.717) is 0 Å². The first-order valence-electron chi connectivity index (χ1n) is 3.28. The van der Waals surface area contributed by atoms with E-state index in [1.807, 2.05) is 0 Å². The van der Waals surface area contributed by atoms with E-state index >= 15 is 0 Å². The van der Waals surface area contributed by atoms with E-state index in [4.69, 9.17) is 0 Å². The van der Waals surface area contributed by atoms with Crippen molar-refractivity contribution in [2.45, 2.75) is 0 Å². The molecule has 0 aliphatic carbocycles. The molecule has 2 heterocycles. The number of hydrogen-bond donors (Lipinski definition) is 2. The van der Waals surface area contributed by atoms with Gasteiger partial charge < -0.3 is 10.3 Å². The van der Waals surface area contributed by atoms with Gasteiger partial charge in [-0.3, -0.25) is 0 Å². The molecule has 3 heteroatoms. The molecule has 0 radical (unpaired) electrons. The number of aromatic amines is 1. The summed E-state index contributed by atoms with van der Waals surface area (Å²) in [7, 11) is 0. The highest BCUT2D eigenvalue weighted by Gasteiger charge is 1.81. The molecule has 0 spiro atoms. The van der Waals surface area contributed by atoms with Gasteiger partial charge in [-0.2, -0.15) is 0 Å². The number of rotatable bonds is 0. The molecule has 0 aromatic carbocycles. The van der Waals surface area contributed by atoms with Crippen LogP contribution in [-0.4, -0.2) is 23.1 Å². The normalized spacial score (nSPS) is 14.4. The highest BCUT2D eigenvalue weighted by Crippen LogP contribution is 1.75.